The minimum absolute atomic E-state index is 0.113. The molecule has 1 atom stereocenters. The van der Waals surface area contributed by atoms with Crippen LogP contribution in [0.1, 0.15) is 124 Å². The molecule has 0 rings (SSSR count). The second kappa shape index (κ2) is 36.9. The van der Waals surface area contributed by atoms with Crippen LogP contribution in [0.2, 0.25) is 0 Å². The Balaban J connectivity index is -0.00000195. The minimum atomic E-state index is -1.08. The molecule has 1 unspecified atom stereocenters. The molecule has 0 aromatic heterocycles. The summed E-state index contributed by atoms with van der Waals surface area (Å²) < 4.78 is 15.8. The molecule has 0 radical (unpaired) electrons. The van der Waals surface area contributed by atoms with E-state index in [-0.39, 0.29) is 38.0 Å². The molecule has 12 nitrogen and oxygen atoms in total. The van der Waals surface area contributed by atoms with E-state index in [0.29, 0.717) is 32.4 Å². The molecule has 0 saturated carbocycles. The number of carbonyl (C=O) groups is 5. The van der Waals surface area contributed by atoms with E-state index in [0.717, 1.165) is 58.8 Å². The molecule has 0 aromatic carbocycles. The first-order valence-corrected chi connectivity index (χ1v) is 16.2. The van der Waals surface area contributed by atoms with Crippen molar-refractivity contribution in [1.29, 1.82) is 0 Å². The Morgan fingerprint density at radius 1 is 0.600 bits per heavy atom. The number of unbranched alkanes of at least 4 members (excludes halogenated alkanes) is 8. The number of hydrogen-bond donors (Lipinski definition) is 2. The van der Waals surface area contributed by atoms with Crippen molar-refractivity contribution in [3.63, 3.8) is 0 Å². The van der Waals surface area contributed by atoms with Crippen LogP contribution in [0.25, 0.3) is 0 Å². The normalized spacial score (nSPS) is 11.1. The number of ether oxygens (including phenoxy) is 3. The number of carboxylic acids is 2. The standard InChI is InChI=1S/C29H52N2O6.2C2H4O2/c1-2-3-4-5-6-7-8-9-10-11-12-13-14-15-16-19-27(32)35-24-26(37-29(34)21-18-23-31)25-36-28(33)20-17-22-30;2*1-2(3)4/h6-7,9-10,26H,2-5,8,11-25,30-31H2,1H3;2*1H3,(H,3,4)/b7-6+,10-9+;;. The van der Waals surface area contributed by atoms with Gasteiger partial charge >= 0.3 is 17.9 Å². The average Bonchev–Trinajstić information content (AvgIpc) is 2.97. The summed E-state index contributed by atoms with van der Waals surface area (Å²) in [6.07, 6.45) is 22.6. The third kappa shape index (κ3) is 47.9. The van der Waals surface area contributed by atoms with E-state index in [1.165, 1.54) is 25.7 Å². The lowest BCUT2D eigenvalue weighted by Gasteiger charge is -2.18. The molecule has 6 N–H and O–H groups in total. The maximum absolute atomic E-state index is 12.1. The quantitative estimate of drug-likeness (QED) is 0.0629. The number of carbonyl (C=O) groups excluding carboxylic acids is 5. The molecule has 0 aromatic rings. The second-order valence-electron chi connectivity index (χ2n) is 10.4. The van der Waals surface area contributed by atoms with E-state index < -0.39 is 24.0 Å². The van der Waals surface area contributed by atoms with Crippen LogP contribution >= 0.6 is 0 Å². The average molecular weight is 645 g/mol. The third-order valence-corrected chi connectivity index (χ3v) is 5.75. The molecule has 0 heterocycles. The van der Waals surface area contributed by atoms with Crippen molar-refractivity contribution < 1.29 is 59.9 Å². The Kier molecular flexibility index (Phi) is 37.9. The van der Waals surface area contributed by atoms with E-state index >= 15 is 0 Å². The van der Waals surface area contributed by atoms with E-state index in [4.69, 9.17) is 34.0 Å². The second-order valence-corrected chi connectivity index (χ2v) is 10.4. The van der Waals surface area contributed by atoms with Gasteiger partial charge in [0, 0.05) is 31.2 Å². The zero-order valence-corrected chi connectivity index (χ0v) is 28.0. The van der Waals surface area contributed by atoms with Crippen molar-refractivity contribution in [2.45, 2.75) is 130 Å². The molecular formula is C33H60N2O10. The lowest BCUT2D eigenvalue weighted by Crippen LogP contribution is -2.50. The Hall–Kier alpha value is -3.25. The zero-order valence-electron chi connectivity index (χ0n) is 28.0. The van der Waals surface area contributed by atoms with Gasteiger partial charge in [-0.15, -0.1) is 0 Å². The van der Waals surface area contributed by atoms with Gasteiger partial charge < -0.3 is 45.5 Å². The molecule has 262 valence electrons. The number of quaternary nitrogens is 2. The molecule has 0 saturated heterocycles. The Morgan fingerprint density at radius 3 is 1.47 bits per heavy atom. The van der Waals surface area contributed by atoms with Gasteiger partial charge in [-0.05, 0) is 52.4 Å². The van der Waals surface area contributed by atoms with Gasteiger partial charge in [0.2, 0.25) is 0 Å². The Morgan fingerprint density at radius 2 is 1.00 bits per heavy atom. The lowest BCUT2D eigenvalue weighted by molar-refractivity contribution is -0.368. The van der Waals surface area contributed by atoms with Gasteiger partial charge in [0.1, 0.15) is 13.2 Å². The van der Waals surface area contributed by atoms with Crippen molar-refractivity contribution in [3.8, 4) is 0 Å². The van der Waals surface area contributed by atoms with Gasteiger partial charge in [0.25, 0.3) is 0 Å². The fraction of sp³-hybridized carbons (Fsp3) is 0.727. The topological polar surface area (TPSA) is 214 Å². The molecule has 45 heavy (non-hydrogen) atoms. The minimum Gasteiger partial charge on any atom is -0.550 e. The summed E-state index contributed by atoms with van der Waals surface area (Å²) in [5.74, 6) is -3.28. The predicted molar refractivity (Wildman–Crippen MR) is 166 cm³/mol. The van der Waals surface area contributed by atoms with Crippen LogP contribution in [0.5, 0.6) is 0 Å². The summed E-state index contributed by atoms with van der Waals surface area (Å²) in [6.45, 7) is 5.21. The summed E-state index contributed by atoms with van der Waals surface area (Å²) in [5.41, 5.74) is 7.40. The van der Waals surface area contributed by atoms with Crippen molar-refractivity contribution in [1.82, 2.24) is 0 Å². The lowest BCUT2D eigenvalue weighted by atomic mass is 10.1. The highest BCUT2D eigenvalue weighted by Gasteiger charge is 2.19. The van der Waals surface area contributed by atoms with Crippen LogP contribution in [0, 0.1) is 0 Å². The van der Waals surface area contributed by atoms with Crippen LogP contribution in [-0.2, 0) is 38.2 Å². The van der Waals surface area contributed by atoms with E-state index in [1.54, 1.807) is 0 Å². The molecule has 0 aliphatic carbocycles. The monoisotopic (exact) mass is 644 g/mol. The Labute approximate surface area is 269 Å². The van der Waals surface area contributed by atoms with Gasteiger partial charge in [-0.2, -0.15) is 0 Å². The van der Waals surface area contributed by atoms with Crippen LogP contribution in [0.3, 0.4) is 0 Å². The van der Waals surface area contributed by atoms with Crippen LogP contribution in [0.4, 0.5) is 0 Å². The Bertz CT molecular complexity index is 795. The fourth-order valence-electron chi connectivity index (χ4n) is 3.50. The van der Waals surface area contributed by atoms with Crippen LogP contribution < -0.4 is 21.7 Å². The number of hydrogen-bond acceptors (Lipinski definition) is 10. The molecule has 0 aliphatic rings. The summed E-state index contributed by atoms with van der Waals surface area (Å²) in [5, 5.41) is 17.8. The summed E-state index contributed by atoms with van der Waals surface area (Å²) in [7, 11) is 0. The predicted octanol–water partition coefficient (Wildman–Crippen LogP) is 1.35. The van der Waals surface area contributed by atoms with Gasteiger partial charge in [-0.1, -0.05) is 63.3 Å². The third-order valence-electron chi connectivity index (χ3n) is 5.75. The first-order chi connectivity index (χ1) is 21.5. The fourth-order valence-corrected chi connectivity index (χ4v) is 3.50. The molecule has 0 aliphatic heterocycles. The highest BCUT2D eigenvalue weighted by molar-refractivity contribution is 5.71. The zero-order chi connectivity index (χ0) is 34.6. The molecule has 0 spiro atoms. The number of esters is 3. The number of allylic oxidation sites excluding steroid dienone is 4. The maximum atomic E-state index is 12.1. The molecule has 0 bridgehead atoms. The van der Waals surface area contributed by atoms with Gasteiger partial charge in [-0.3, -0.25) is 14.4 Å². The highest BCUT2D eigenvalue weighted by Crippen LogP contribution is 2.09. The SMILES string of the molecule is CC(=O)[O-].CC(=O)[O-].CCCCC/C=C/C/C=C/CCCCCCCC(=O)OCC(COC(=O)CCC[NH3+])OC(=O)CCC[NH3+]. The van der Waals surface area contributed by atoms with E-state index in [2.05, 4.69) is 42.7 Å². The van der Waals surface area contributed by atoms with Crippen LogP contribution in [0.15, 0.2) is 24.3 Å². The number of rotatable bonds is 25. The first kappa shape index (κ1) is 46.2. The maximum Gasteiger partial charge on any atom is 0.306 e. The van der Waals surface area contributed by atoms with Crippen molar-refractivity contribution in [3.05, 3.63) is 24.3 Å². The van der Waals surface area contributed by atoms with Crippen molar-refractivity contribution >= 4 is 29.8 Å². The van der Waals surface area contributed by atoms with Crippen molar-refractivity contribution in [2.75, 3.05) is 26.3 Å². The van der Waals surface area contributed by atoms with Gasteiger partial charge in [-0.25, -0.2) is 0 Å². The molecular weight excluding hydrogens is 584 g/mol. The smallest absolute Gasteiger partial charge is 0.306 e. The summed E-state index contributed by atoms with van der Waals surface area (Å²) >= 11 is 0. The van der Waals surface area contributed by atoms with E-state index in [9.17, 15) is 14.4 Å². The van der Waals surface area contributed by atoms with Crippen LogP contribution in [-0.4, -0.2) is 62.3 Å². The molecule has 0 amide bonds. The molecule has 0 fully saturated rings. The van der Waals surface area contributed by atoms with Gasteiger partial charge in [0.05, 0.1) is 25.9 Å². The summed E-state index contributed by atoms with van der Waals surface area (Å²) in [4.78, 5) is 53.6. The first-order valence-electron chi connectivity index (χ1n) is 16.2. The van der Waals surface area contributed by atoms with Crippen molar-refractivity contribution in [2.24, 2.45) is 0 Å². The highest BCUT2D eigenvalue weighted by atomic mass is 16.6. The largest absolute Gasteiger partial charge is 0.550 e. The number of aliphatic carboxylic acids is 2. The van der Waals surface area contributed by atoms with Gasteiger partial charge in [0.15, 0.2) is 6.10 Å². The summed E-state index contributed by atoms with van der Waals surface area (Å²) in [6, 6.07) is 0. The molecule has 12 heteroatoms. The number of carboxylic acid groups (broad SMARTS) is 2. The van der Waals surface area contributed by atoms with E-state index in [1.807, 2.05) is 0 Å².